The second kappa shape index (κ2) is 9.41. The molecule has 0 radical (unpaired) electrons. The Kier molecular flexibility index (Phi) is 6.93. The fourth-order valence-electron chi connectivity index (χ4n) is 3.59. The average molecular weight is 408 g/mol. The number of rotatable bonds is 7. The largest absolute Gasteiger partial charge is 0.488 e. The fraction of sp³-hybridized carbons (Fsp3) is 0.500. The number of anilines is 1. The first-order chi connectivity index (χ1) is 13.4. The summed E-state index contributed by atoms with van der Waals surface area (Å²) in [6, 6.07) is 7.46. The molecule has 0 saturated carbocycles. The number of hydrogen-bond acceptors (Lipinski definition) is 3. The van der Waals surface area contributed by atoms with Crippen LogP contribution in [0.5, 0.6) is 5.75 Å². The van der Waals surface area contributed by atoms with Gasteiger partial charge in [-0.15, -0.1) is 0 Å². The maximum Gasteiger partial charge on any atom is 0.279 e. The summed E-state index contributed by atoms with van der Waals surface area (Å²) >= 11 is 5.88. The molecule has 1 aliphatic rings. The second-order valence-electron chi connectivity index (χ2n) is 7.45. The van der Waals surface area contributed by atoms with Gasteiger partial charge in [0.15, 0.2) is 6.54 Å². The van der Waals surface area contributed by atoms with Crippen LogP contribution in [0.15, 0.2) is 24.3 Å². The van der Waals surface area contributed by atoms with E-state index in [0.29, 0.717) is 13.2 Å². The Labute approximate surface area is 171 Å². The summed E-state index contributed by atoms with van der Waals surface area (Å²) in [5.41, 5.74) is 2.68. The molecule has 2 aromatic rings. The third-order valence-electron chi connectivity index (χ3n) is 5.39. The van der Waals surface area contributed by atoms with Crippen molar-refractivity contribution in [1.82, 2.24) is 9.78 Å². The van der Waals surface area contributed by atoms with Crippen LogP contribution in [0.2, 0.25) is 5.02 Å². The van der Waals surface area contributed by atoms with E-state index in [2.05, 4.69) is 10.4 Å². The van der Waals surface area contributed by atoms with Crippen LogP contribution in [-0.4, -0.2) is 61.6 Å². The number of nitrogens with one attached hydrogen (secondary N) is 3. The van der Waals surface area contributed by atoms with E-state index in [9.17, 15) is 4.79 Å². The van der Waals surface area contributed by atoms with Crippen molar-refractivity contribution < 1.29 is 19.3 Å². The number of aromatic nitrogens is 2. The molecule has 3 N–H and O–H groups in total. The van der Waals surface area contributed by atoms with Crippen molar-refractivity contribution in [3.05, 3.63) is 40.7 Å². The van der Waals surface area contributed by atoms with Crippen LogP contribution in [0, 0.1) is 13.8 Å². The van der Waals surface area contributed by atoms with Gasteiger partial charge in [0.25, 0.3) is 5.91 Å². The zero-order valence-electron chi connectivity index (χ0n) is 16.8. The summed E-state index contributed by atoms with van der Waals surface area (Å²) in [5, 5.41) is 8.10. The van der Waals surface area contributed by atoms with Crippen LogP contribution in [0.25, 0.3) is 0 Å². The summed E-state index contributed by atoms with van der Waals surface area (Å²) in [4.78, 5) is 15.3. The van der Waals surface area contributed by atoms with Crippen LogP contribution >= 0.6 is 11.6 Å². The van der Waals surface area contributed by atoms with E-state index in [1.165, 1.54) is 9.80 Å². The molecule has 0 spiro atoms. The van der Waals surface area contributed by atoms with Crippen LogP contribution in [0.4, 0.5) is 5.69 Å². The Morgan fingerprint density at radius 1 is 1.18 bits per heavy atom. The van der Waals surface area contributed by atoms with Crippen molar-refractivity contribution in [2.24, 2.45) is 7.05 Å². The summed E-state index contributed by atoms with van der Waals surface area (Å²) in [6.45, 7) is 10.1. The molecule has 1 amide bonds. The first kappa shape index (κ1) is 20.6. The number of aryl methyl sites for hydroxylation is 2. The van der Waals surface area contributed by atoms with Gasteiger partial charge in [0.05, 0.1) is 17.1 Å². The van der Waals surface area contributed by atoms with Gasteiger partial charge in [-0.1, -0.05) is 11.6 Å². The van der Waals surface area contributed by atoms with Gasteiger partial charge in [-0.2, -0.15) is 5.10 Å². The molecule has 1 aromatic carbocycles. The SMILES string of the molecule is Cc1nn(C)c(C)c1NC(=O)C[NH+]1CC[NH+](CCOc2ccc(Cl)cc2)CC1. The number of benzene rings is 1. The van der Waals surface area contributed by atoms with E-state index < -0.39 is 0 Å². The Morgan fingerprint density at radius 3 is 2.43 bits per heavy atom. The Bertz CT molecular complexity index is 798. The Morgan fingerprint density at radius 2 is 1.82 bits per heavy atom. The maximum atomic E-state index is 12.4. The van der Waals surface area contributed by atoms with Gasteiger partial charge in [0, 0.05) is 12.1 Å². The lowest BCUT2D eigenvalue weighted by Crippen LogP contribution is -3.28. The number of halogens is 1. The number of hydrogen-bond donors (Lipinski definition) is 3. The highest BCUT2D eigenvalue weighted by atomic mass is 35.5. The zero-order chi connectivity index (χ0) is 20.1. The molecule has 28 heavy (non-hydrogen) atoms. The fourth-order valence-corrected chi connectivity index (χ4v) is 3.72. The lowest BCUT2D eigenvalue weighted by Gasteiger charge is -2.29. The van der Waals surface area contributed by atoms with Gasteiger partial charge < -0.3 is 19.9 Å². The standard InChI is InChI=1S/C20H28ClN5O2/c1-15-20(16(2)24(3)23-15)22-19(27)14-26-10-8-25(9-11-26)12-13-28-18-6-4-17(21)5-7-18/h4-7H,8-14H2,1-3H3,(H,22,27)/p+2. The molecule has 0 unspecified atom stereocenters. The first-order valence-electron chi connectivity index (χ1n) is 9.78. The van der Waals surface area contributed by atoms with E-state index in [4.69, 9.17) is 16.3 Å². The summed E-state index contributed by atoms with van der Waals surface area (Å²) in [5.74, 6) is 0.912. The van der Waals surface area contributed by atoms with Crippen LogP contribution in [0.1, 0.15) is 11.4 Å². The average Bonchev–Trinajstić information content (AvgIpc) is 2.91. The van der Waals surface area contributed by atoms with Crippen molar-refractivity contribution in [3.8, 4) is 5.75 Å². The second-order valence-corrected chi connectivity index (χ2v) is 7.88. The molecule has 1 saturated heterocycles. The van der Waals surface area contributed by atoms with Crippen molar-refractivity contribution >= 4 is 23.2 Å². The molecular weight excluding hydrogens is 378 g/mol. The molecule has 7 nitrogen and oxygen atoms in total. The summed E-state index contributed by atoms with van der Waals surface area (Å²) in [7, 11) is 1.89. The normalized spacial score (nSPS) is 19.4. The number of amides is 1. The molecular formula is C20H30ClN5O2+2. The monoisotopic (exact) mass is 407 g/mol. The molecule has 1 aliphatic heterocycles. The number of nitrogens with zero attached hydrogens (tertiary/aromatic N) is 2. The molecule has 0 atom stereocenters. The highest BCUT2D eigenvalue weighted by Crippen LogP contribution is 2.17. The maximum absolute atomic E-state index is 12.4. The number of carbonyl (C=O) groups is 1. The minimum Gasteiger partial charge on any atom is -0.488 e. The van der Waals surface area contributed by atoms with Crippen molar-refractivity contribution in [2.75, 3.05) is 51.2 Å². The topological polar surface area (TPSA) is 65.0 Å². The van der Waals surface area contributed by atoms with Crippen LogP contribution < -0.4 is 19.9 Å². The van der Waals surface area contributed by atoms with E-state index >= 15 is 0 Å². The molecule has 0 aliphatic carbocycles. The molecule has 3 rings (SSSR count). The van der Waals surface area contributed by atoms with Gasteiger partial charge in [0.2, 0.25) is 0 Å². The molecule has 152 valence electrons. The minimum atomic E-state index is 0.0590. The number of ether oxygens (including phenoxy) is 1. The Balaban J connectivity index is 1.36. The van der Waals surface area contributed by atoms with E-state index in [0.717, 1.165) is 60.6 Å². The lowest BCUT2D eigenvalue weighted by atomic mass is 10.3. The first-order valence-corrected chi connectivity index (χ1v) is 10.2. The Hall–Kier alpha value is -2.09. The highest BCUT2D eigenvalue weighted by Gasteiger charge is 2.25. The minimum absolute atomic E-state index is 0.0590. The summed E-state index contributed by atoms with van der Waals surface area (Å²) < 4.78 is 7.59. The third kappa shape index (κ3) is 5.47. The van der Waals surface area contributed by atoms with Gasteiger partial charge >= 0.3 is 0 Å². The lowest BCUT2D eigenvalue weighted by molar-refractivity contribution is -1.01. The third-order valence-corrected chi connectivity index (χ3v) is 5.64. The smallest absolute Gasteiger partial charge is 0.279 e. The van der Waals surface area contributed by atoms with E-state index in [1.807, 2.05) is 45.2 Å². The van der Waals surface area contributed by atoms with Crippen LogP contribution in [-0.2, 0) is 11.8 Å². The molecule has 1 aromatic heterocycles. The molecule has 8 heteroatoms. The van der Waals surface area contributed by atoms with Gasteiger partial charge in [-0.05, 0) is 38.1 Å². The van der Waals surface area contributed by atoms with Crippen molar-refractivity contribution in [3.63, 3.8) is 0 Å². The number of piperazine rings is 1. The predicted octanol–water partition coefficient (Wildman–Crippen LogP) is -0.509. The number of carbonyl (C=O) groups excluding carboxylic acids is 1. The summed E-state index contributed by atoms with van der Waals surface area (Å²) in [6.07, 6.45) is 0. The van der Waals surface area contributed by atoms with Crippen LogP contribution in [0.3, 0.4) is 0 Å². The molecule has 2 heterocycles. The predicted molar refractivity (Wildman–Crippen MR) is 109 cm³/mol. The van der Waals surface area contributed by atoms with Gasteiger partial charge in [0.1, 0.15) is 45.1 Å². The molecule has 1 fully saturated rings. The van der Waals surface area contributed by atoms with Crippen molar-refractivity contribution in [2.45, 2.75) is 13.8 Å². The van der Waals surface area contributed by atoms with Crippen molar-refractivity contribution in [1.29, 1.82) is 0 Å². The van der Waals surface area contributed by atoms with E-state index in [1.54, 1.807) is 4.68 Å². The zero-order valence-corrected chi connectivity index (χ0v) is 17.6. The van der Waals surface area contributed by atoms with E-state index in [-0.39, 0.29) is 5.91 Å². The molecule has 0 bridgehead atoms. The quantitative estimate of drug-likeness (QED) is 0.579. The van der Waals surface area contributed by atoms with Gasteiger partial charge in [-0.3, -0.25) is 9.48 Å². The van der Waals surface area contributed by atoms with Gasteiger partial charge in [-0.25, -0.2) is 0 Å². The highest BCUT2D eigenvalue weighted by molar-refractivity contribution is 6.30. The number of quaternary nitrogens is 2.